The fourth-order valence-electron chi connectivity index (χ4n) is 2.06. The van der Waals surface area contributed by atoms with E-state index in [1.807, 2.05) is 0 Å². The molecule has 1 rings (SSSR count). The van der Waals surface area contributed by atoms with E-state index in [1.54, 1.807) is 13.8 Å². The Morgan fingerprint density at radius 2 is 2.14 bits per heavy atom. The molecule has 0 aliphatic carbocycles. The lowest BCUT2D eigenvalue weighted by Gasteiger charge is -2.20. The van der Waals surface area contributed by atoms with E-state index in [0.29, 0.717) is 6.42 Å². The van der Waals surface area contributed by atoms with E-state index >= 15 is 0 Å². The van der Waals surface area contributed by atoms with Crippen LogP contribution in [-0.4, -0.2) is 42.4 Å². The van der Waals surface area contributed by atoms with E-state index < -0.39 is 35.8 Å². The Balaban J connectivity index is 2.57. The summed E-state index contributed by atoms with van der Waals surface area (Å²) in [6, 6.07) is -1.63. The molecule has 1 aliphatic rings. The predicted molar refractivity (Wildman–Crippen MR) is 72.7 cm³/mol. The van der Waals surface area contributed by atoms with Gasteiger partial charge < -0.3 is 21.1 Å². The highest BCUT2D eigenvalue weighted by atomic mass is 16.5. The Morgan fingerprint density at radius 3 is 2.62 bits per heavy atom. The van der Waals surface area contributed by atoms with Crippen LogP contribution in [0, 0.1) is 5.92 Å². The summed E-state index contributed by atoms with van der Waals surface area (Å²) in [6.45, 7) is 3.52. The molecular formula is C13H21N3O5. The maximum Gasteiger partial charge on any atom is 0.308 e. The van der Waals surface area contributed by atoms with Crippen LogP contribution in [0.5, 0.6) is 0 Å². The first-order chi connectivity index (χ1) is 9.85. The lowest BCUT2D eigenvalue weighted by atomic mass is 10.0. The van der Waals surface area contributed by atoms with Crippen molar-refractivity contribution in [3.63, 3.8) is 0 Å². The van der Waals surface area contributed by atoms with Crippen molar-refractivity contribution in [3.8, 4) is 0 Å². The molecule has 8 nitrogen and oxygen atoms in total. The van der Waals surface area contributed by atoms with E-state index in [1.165, 1.54) is 0 Å². The van der Waals surface area contributed by atoms with Crippen molar-refractivity contribution in [2.24, 2.45) is 11.7 Å². The van der Waals surface area contributed by atoms with Gasteiger partial charge in [-0.15, -0.1) is 0 Å². The van der Waals surface area contributed by atoms with Gasteiger partial charge in [-0.2, -0.15) is 0 Å². The van der Waals surface area contributed by atoms with Crippen molar-refractivity contribution in [2.75, 3.05) is 6.61 Å². The Hall–Kier alpha value is -2.12. The second-order valence-electron chi connectivity index (χ2n) is 5.01. The molecule has 21 heavy (non-hydrogen) atoms. The second kappa shape index (κ2) is 7.61. The highest BCUT2D eigenvalue weighted by Gasteiger charge is 2.31. The molecule has 0 radical (unpaired) electrons. The van der Waals surface area contributed by atoms with Crippen molar-refractivity contribution >= 4 is 23.7 Å². The first kappa shape index (κ1) is 16.9. The monoisotopic (exact) mass is 299 g/mol. The van der Waals surface area contributed by atoms with Crippen LogP contribution in [0.1, 0.15) is 33.1 Å². The first-order valence-electron chi connectivity index (χ1n) is 6.90. The van der Waals surface area contributed by atoms with Gasteiger partial charge in [0.05, 0.1) is 12.5 Å². The van der Waals surface area contributed by atoms with E-state index in [0.717, 1.165) is 0 Å². The molecule has 0 unspecified atom stereocenters. The summed E-state index contributed by atoms with van der Waals surface area (Å²) in [6.07, 6.45) is 0.711. The zero-order chi connectivity index (χ0) is 16.0. The molecule has 0 spiro atoms. The molecule has 4 N–H and O–H groups in total. The summed E-state index contributed by atoms with van der Waals surface area (Å²) in [7, 11) is 0. The molecule has 3 amide bonds. The maximum atomic E-state index is 11.9. The number of ether oxygens (including phenoxy) is 1. The van der Waals surface area contributed by atoms with Crippen LogP contribution in [0.25, 0.3) is 0 Å². The molecule has 3 atom stereocenters. The molecule has 1 aliphatic heterocycles. The van der Waals surface area contributed by atoms with Crippen LogP contribution in [0.4, 0.5) is 0 Å². The third kappa shape index (κ3) is 5.05. The molecule has 0 aromatic carbocycles. The number of rotatable bonds is 7. The Bertz CT molecular complexity index is 438. The average molecular weight is 299 g/mol. The minimum absolute atomic E-state index is 0.0561. The zero-order valence-electron chi connectivity index (χ0n) is 12.2. The smallest absolute Gasteiger partial charge is 0.308 e. The Kier molecular flexibility index (Phi) is 6.13. The minimum atomic E-state index is -0.977. The lowest BCUT2D eigenvalue weighted by Crippen LogP contribution is -2.51. The van der Waals surface area contributed by atoms with Crippen molar-refractivity contribution in [3.05, 3.63) is 0 Å². The van der Waals surface area contributed by atoms with Gasteiger partial charge in [-0.1, -0.05) is 6.92 Å². The highest BCUT2D eigenvalue weighted by molar-refractivity contribution is 5.93. The molecule has 1 fully saturated rings. The number of carbonyl (C=O) groups is 4. The second-order valence-corrected chi connectivity index (χ2v) is 5.01. The van der Waals surface area contributed by atoms with E-state index in [-0.39, 0.29) is 25.4 Å². The predicted octanol–water partition coefficient (Wildman–Crippen LogP) is -1.18. The summed E-state index contributed by atoms with van der Waals surface area (Å²) in [5.41, 5.74) is 5.24. The van der Waals surface area contributed by atoms with Crippen LogP contribution in [0.15, 0.2) is 0 Å². The lowest BCUT2D eigenvalue weighted by molar-refractivity contribution is -0.148. The van der Waals surface area contributed by atoms with E-state index in [9.17, 15) is 19.2 Å². The van der Waals surface area contributed by atoms with E-state index in [2.05, 4.69) is 10.6 Å². The topological polar surface area (TPSA) is 128 Å². The number of nitrogens with one attached hydrogen (secondary N) is 2. The number of carbonyl (C=O) groups excluding carboxylic acids is 4. The van der Waals surface area contributed by atoms with E-state index in [4.69, 9.17) is 10.5 Å². The summed E-state index contributed by atoms with van der Waals surface area (Å²) < 4.78 is 4.84. The fraction of sp³-hybridized carbons (Fsp3) is 0.692. The molecule has 0 saturated carbocycles. The maximum absolute atomic E-state index is 11.9. The SMILES string of the molecule is CCOC(=O)[C@@H](C)C[C@H](NC(=O)[C@@H]1CCC(=O)N1)C(N)=O. The standard InChI is InChI=1S/C13H21N3O5/c1-3-21-13(20)7(2)6-9(11(14)18)16-12(19)8-4-5-10(17)15-8/h7-9H,3-6H2,1-2H3,(H2,14,18)(H,15,17)(H,16,19)/t7-,8-,9-/m0/s1. The summed E-state index contributed by atoms with van der Waals surface area (Å²) >= 11 is 0. The van der Waals surface area contributed by atoms with Gasteiger partial charge in [-0.05, 0) is 19.8 Å². The normalized spacial score (nSPS) is 20.3. The van der Waals surface area contributed by atoms with Gasteiger partial charge in [-0.25, -0.2) is 0 Å². The molecule has 0 bridgehead atoms. The summed E-state index contributed by atoms with van der Waals surface area (Å²) in [5, 5.41) is 4.97. The Labute approximate surface area is 122 Å². The third-order valence-corrected chi connectivity index (χ3v) is 3.25. The fourth-order valence-corrected chi connectivity index (χ4v) is 2.06. The van der Waals surface area contributed by atoms with Crippen LogP contribution >= 0.6 is 0 Å². The van der Waals surface area contributed by atoms with Crippen molar-refractivity contribution in [1.82, 2.24) is 10.6 Å². The van der Waals surface area contributed by atoms with Crippen molar-refractivity contribution < 1.29 is 23.9 Å². The molecule has 118 valence electrons. The van der Waals surface area contributed by atoms with Gasteiger partial charge in [0.2, 0.25) is 17.7 Å². The molecule has 1 saturated heterocycles. The average Bonchev–Trinajstić information content (AvgIpc) is 2.84. The van der Waals surface area contributed by atoms with Crippen molar-refractivity contribution in [2.45, 2.75) is 45.2 Å². The summed E-state index contributed by atoms with van der Waals surface area (Å²) in [5.74, 6) is -2.43. The molecule has 8 heteroatoms. The van der Waals surface area contributed by atoms with Gasteiger partial charge in [0, 0.05) is 6.42 Å². The van der Waals surface area contributed by atoms with Gasteiger partial charge in [0.1, 0.15) is 12.1 Å². The molecular weight excluding hydrogens is 278 g/mol. The molecule has 0 aromatic rings. The van der Waals surface area contributed by atoms with Gasteiger partial charge in [0.25, 0.3) is 0 Å². The molecule has 1 heterocycles. The molecule has 0 aromatic heterocycles. The number of esters is 1. The number of amides is 3. The Morgan fingerprint density at radius 1 is 1.48 bits per heavy atom. The third-order valence-electron chi connectivity index (χ3n) is 3.25. The van der Waals surface area contributed by atoms with Gasteiger partial charge in [-0.3, -0.25) is 19.2 Å². The first-order valence-corrected chi connectivity index (χ1v) is 6.90. The van der Waals surface area contributed by atoms with Crippen molar-refractivity contribution in [1.29, 1.82) is 0 Å². The highest BCUT2D eigenvalue weighted by Crippen LogP contribution is 2.11. The quantitative estimate of drug-likeness (QED) is 0.510. The largest absolute Gasteiger partial charge is 0.466 e. The number of primary amides is 1. The van der Waals surface area contributed by atoms with Gasteiger partial charge >= 0.3 is 5.97 Å². The zero-order valence-corrected chi connectivity index (χ0v) is 12.2. The number of hydrogen-bond donors (Lipinski definition) is 3. The van der Waals surface area contributed by atoms with Crippen LogP contribution < -0.4 is 16.4 Å². The number of nitrogens with two attached hydrogens (primary N) is 1. The minimum Gasteiger partial charge on any atom is -0.466 e. The summed E-state index contributed by atoms with van der Waals surface area (Å²) in [4.78, 5) is 45.9. The van der Waals surface area contributed by atoms with Crippen LogP contribution in [0.3, 0.4) is 0 Å². The number of hydrogen-bond acceptors (Lipinski definition) is 5. The van der Waals surface area contributed by atoms with Crippen LogP contribution in [0.2, 0.25) is 0 Å². The van der Waals surface area contributed by atoms with Crippen LogP contribution in [-0.2, 0) is 23.9 Å². The van der Waals surface area contributed by atoms with Gasteiger partial charge in [0.15, 0.2) is 0 Å².